The largest absolute Gasteiger partial charge is 0.495 e. The summed E-state index contributed by atoms with van der Waals surface area (Å²) in [5.41, 5.74) is 2.74. The third kappa shape index (κ3) is 4.17. The zero-order valence-corrected chi connectivity index (χ0v) is 17.0. The van der Waals surface area contributed by atoms with E-state index >= 15 is 0 Å². The Hall–Kier alpha value is -3.12. The van der Waals surface area contributed by atoms with E-state index in [0.717, 1.165) is 12.8 Å². The van der Waals surface area contributed by atoms with Crippen LogP contribution in [0.25, 0.3) is 0 Å². The smallest absolute Gasteiger partial charge is 0.265 e. The molecule has 4 rings (SSSR count). The molecule has 0 aliphatic heterocycles. The fourth-order valence-electron chi connectivity index (χ4n) is 3.51. The number of carbonyl (C=O) groups excluding carboxylic acids is 2. The van der Waals surface area contributed by atoms with E-state index in [9.17, 15) is 9.59 Å². The predicted molar refractivity (Wildman–Crippen MR) is 116 cm³/mol. The van der Waals surface area contributed by atoms with Crippen molar-refractivity contribution in [1.29, 1.82) is 0 Å². The molecule has 0 saturated carbocycles. The quantitative estimate of drug-likeness (QED) is 0.616. The molecular formula is C23H22N2O3S. The number of hydrogen-bond acceptors (Lipinski definition) is 4. The molecule has 6 heteroatoms. The summed E-state index contributed by atoms with van der Waals surface area (Å²) in [4.78, 5) is 27.7. The first-order valence-electron chi connectivity index (χ1n) is 9.62. The van der Waals surface area contributed by atoms with Crippen LogP contribution in [0.15, 0.2) is 54.6 Å². The summed E-state index contributed by atoms with van der Waals surface area (Å²) in [6.07, 6.45) is 4.44. The van der Waals surface area contributed by atoms with E-state index < -0.39 is 0 Å². The van der Waals surface area contributed by atoms with E-state index in [1.807, 2.05) is 18.2 Å². The molecule has 1 aromatic heterocycles. The molecule has 0 radical (unpaired) electrons. The molecule has 2 amide bonds. The number of thiophene rings is 1. The van der Waals surface area contributed by atoms with Gasteiger partial charge in [-0.25, -0.2) is 0 Å². The number of hydrogen-bond donors (Lipinski definition) is 2. The Morgan fingerprint density at radius 2 is 1.59 bits per heavy atom. The lowest BCUT2D eigenvalue weighted by Crippen LogP contribution is -2.18. The van der Waals surface area contributed by atoms with Gasteiger partial charge < -0.3 is 15.4 Å². The van der Waals surface area contributed by atoms with Crippen LogP contribution >= 0.6 is 11.3 Å². The van der Waals surface area contributed by atoms with Crippen molar-refractivity contribution in [3.05, 3.63) is 75.5 Å². The maximum atomic E-state index is 12.9. The van der Waals surface area contributed by atoms with Gasteiger partial charge in [-0.3, -0.25) is 9.59 Å². The number of ether oxygens (including phenoxy) is 1. The minimum Gasteiger partial charge on any atom is -0.495 e. The number of benzene rings is 2. The Balaban J connectivity index is 1.54. The number of methoxy groups -OCH3 is 1. The van der Waals surface area contributed by atoms with Crippen molar-refractivity contribution in [1.82, 2.24) is 0 Å². The second kappa shape index (κ2) is 8.49. The summed E-state index contributed by atoms with van der Waals surface area (Å²) in [6.45, 7) is 0. The number of rotatable bonds is 5. The topological polar surface area (TPSA) is 67.4 Å². The molecule has 0 atom stereocenters. The highest BCUT2D eigenvalue weighted by molar-refractivity contribution is 7.14. The molecule has 1 heterocycles. The molecule has 148 valence electrons. The molecule has 2 aromatic carbocycles. The van der Waals surface area contributed by atoms with Crippen molar-refractivity contribution in [2.24, 2.45) is 0 Å². The Morgan fingerprint density at radius 1 is 0.897 bits per heavy atom. The standard InChI is InChI=1S/C23H22N2O3S/c1-28-19-12-6-5-11-18(19)25-22(26)16-9-3-4-10-17(16)24-23(27)21-14-15-8-2-7-13-20(15)29-21/h3-6,9-12,14H,2,7-8,13H2,1H3,(H,24,27)(H,25,26). The lowest BCUT2D eigenvalue weighted by molar-refractivity contribution is 0.102. The number of fused-ring (bicyclic) bond motifs is 1. The number of carbonyl (C=O) groups is 2. The van der Waals surface area contributed by atoms with E-state index in [2.05, 4.69) is 10.6 Å². The van der Waals surface area contributed by atoms with Crippen LogP contribution < -0.4 is 15.4 Å². The maximum Gasteiger partial charge on any atom is 0.265 e. The predicted octanol–water partition coefficient (Wildman–Crippen LogP) is 5.14. The van der Waals surface area contributed by atoms with Crippen LogP contribution in [0.5, 0.6) is 5.75 Å². The molecule has 29 heavy (non-hydrogen) atoms. The normalized spacial score (nSPS) is 12.7. The van der Waals surface area contributed by atoms with Crippen molar-refractivity contribution >= 4 is 34.5 Å². The molecule has 0 unspecified atom stereocenters. The third-order valence-electron chi connectivity index (χ3n) is 5.00. The summed E-state index contributed by atoms with van der Waals surface area (Å²) in [5, 5.41) is 5.77. The number of aryl methyl sites for hydroxylation is 2. The molecule has 0 fully saturated rings. The van der Waals surface area contributed by atoms with Crippen LogP contribution in [-0.4, -0.2) is 18.9 Å². The SMILES string of the molecule is COc1ccccc1NC(=O)c1ccccc1NC(=O)c1cc2c(s1)CCCC2. The van der Waals surface area contributed by atoms with Crippen molar-refractivity contribution < 1.29 is 14.3 Å². The fraction of sp³-hybridized carbons (Fsp3) is 0.217. The van der Waals surface area contributed by atoms with Gasteiger partial charge >= 0.3 is 0 Å². The Bertz CT molecular complexity index is 1030. The van der Waals surface area contributed by atoms with Crippen LogP contribution in [0, 0.1) is 0 Å². The lowest BCUT2D eigenvalue weighted by Gasteiger charge is -2.13. The summed E-state index contributed by atoms with van der Waals surface area (Å²) in [6, 6.07) is 16.2. The first kappa shape index (κ1) is 19.2. The highest BCUT2D eigenvalue weighted by atomic mass is 32.1. The molecule has 0 spiro atoms. The summed E-state index contributed by atoms with van der Waals surface area (Å²) in [5.74, 6) is 0.0874. The number of para-hydroxylation sites is 3. The Labute approximate surface area is 173 Å². The zero-order chi connectivity index (χ0) is 20.2. The van der Waals surface area contributed by atoms with E-state index in [-0.39, 0.29) is 11.8 Å². The lowest BCUT2D eigenvalue weighted by atomic mass is 9.99. The highest BCUT2D eigenvalue weighted by Gasteiger charge is 2.19. The molecule has 1 aliphatic rings. The summed E-state index contributed by atoms with van der Waals surface area (Å²) < 4.78 is 5.29. The molecule has 3 aromatic rings. The van der Waals surface area contributed by atoms with Crippen LogP contribution in [0.1, 0.15) is 43.3 Å². The average molecular weight is 407 g/mol. The summed E-state index contributed by atoms with van der Waals surface area (Å²) in [7, 11) is 1.56. The average Bonchev–Trinajstić information content (AvgIpc) is 3.19. The van der Waals surface area contributed by atoms with Gasteiger partial charge in [0, 0.05) is 4.88 Å². The van der Waals surface area contributed by atoms with Gasteiger partial charge in [0.1, 0.15) is 5.75 Å². The van der Waals surface area contributed by atoms with E-state index in [1.54, 1.807) is 54.8 Å². The minimum atomic E-state index is -0.309. The Kier molecular flexibility index (Phi) is 5.62. The Morgan fingerprint density at radius 3 is 2.38 bits per heavy atom. The van der Waals surface area contributed by atoms with Crippen LogP contribution in [0.2, 0.25) is 0 Å². The second-order valence-corrected chi connectivity index (χ2v) is 8.06. The second-order valence-electron chi connectivity index (χ2n) is 6.92. The molecular weight excluding hydrogens is 384 g/mol. The first-order valence-corrected chi connectivity index (χ1v) is 10.4. The van der Waals surface area contributed by atoms with Gasteiger partial charge in [-0.05, 0) is 61.6 Å². The van der Waals surface area contributed by atoms with Gasteiger partial charge in [-0.15, -0.1) is 11.3 Å². The van der Waals surface area contributed by atoms with E-state index in [1.165, 1.54) is 23.3 Å². The van der Waals surface area contributed by atoms with Gasteiger partial charge in [0.05, 0.1) is 28.9 Å². The van der Waals surface area contributed by atoms with E-state index in [0.29, 0.717) is 27.6 Å². The first-order chi connectivity index (χ1) is 14.2. The maximum absolute atomic E-state index is 12.9. The molecule has 5 nitrogen and oxygen atoms in total. The zero-order valence-electron chi connectivity index (χ0n) is 16.2. The van der Waals surface area contributed by atoms with Crippen molar-refractivity contribution in [3.63, 3.8) is 0 Å². The van der Waals surface area contributed by atoms with E-state index in [4.69, 9.17) is 4.74 Å². The van der Waals surface area contributed by atoms with Crippen LogP contribution in [-0.2, 0) is 12.8 Å². The third-order valence-corrected chi connectivity index (χ3v) is 6.23. The number of amides is 2. The van der Waals surface area contributed by atoms with Crippen LogP contribution in [0.4, 0.5) is 11.4 Å². The monoisotopic (exact) mass is 406 g/mol. The van der Waals surface area contributed by atoms with Gasteiger partial charge in [-0.2, -0.15) is 0 Å². The van der Waals surface area contributed by atoms with Crippen LogP contribution in [0.3, 0.4) is 0 Å². The van der Waals surface area contributed by atoms with Gasteiger partial charge in [0.15, 0.2) is 0 Å². The van der Waals surface area contributed by atoms with Gasteiger partial charge in [-0.1, -0.05) is 24.3 Å². The highest BCUT2D eigenvalue weighted by Crippen LogP contribution is 2.30. The number of anilines is 2. The van der Waals surface area contributed by atoms with Crippen molar-refractivity contribution in [2.45, 2.75) is 25.7 Å². The molecule has 2 N–H and O–H groups in total. The molecule has 0 saturated heterocycles. The minimum absolute atomic E-state index is 0.179. The van der Waals surface area contributed by atoms with Gasteiger partial charge in [0.25, 0.3) is 11.8 Å². The summed E-state index contributed by atoms with van der Waals surface area (Å²) >= 11 is 1.56. The fourth-order valence-corrected chi connectivity index (χ4v) is 4.66. The molecule has 1 aliphatic carbocycles. The number of nitrogens with one attached hydrogen (secondary N) is 2. The van der Waals surface area contributed by atoms with Crippen molar-refractivity contribution in [2.75, 3.05) is 17.7 Å². The van der Waals surface area contributed by atoms with Crippen molar-refractivity contribution in [3.8, 4) is 5.75 Å². The van der Waals surface area contributed by atoms with Gasteiger partial charge in [0.2, 0.25) is 0 Å². The molecule has 0 bridgehead atoms.